The van der Waals surface area contributed by atoms with Crippen molar-refractivity contribution in [3.05, 3.63) is 77.0 Å². The molecule has 1 heterocycles. The molecule has 0 radical (unpaired) electrons. The molecule has 0 atom stereocenters. The van der Waals surface area contributed by atoms with Crippen molar-refractivity contribution in [1.82, 2.24) is 0 Å². The molecule has 0 aliphatic carbocycles. The Bertz CT molecular complexity index is 1060. The van der Waals surface area contributed by atoms with Crippen LogP contribution in [0.3, 0.4) is 0 Å². The van der Waals surface area contributed by atoms with Gasteiger partial charge in [0.05, 0.1) is 12.5 Å². The van der Waals surface area contributed by atoms with Crippen LogP contribution >= 0.6 is 0 Å². The summed E-state index contributed by atoms with van der Waals surface area (Å²) in [5, 5.41) is 2.41. The number of fused-ring (bicyclic) bond motifs is 3. The van der Waals surface area contributed by atoms with Crippen LogP contribution in [0, 0.1) is 0 Å². The minimum atomic E-state index is -0.0519. The van der Waals surface area contributed by atoms with Gasteiger partial charge in [-0.2, -0.15) is 0 Å². The highest BCUT2D eigenvalue weighted by atomic mass is 16.5. The Labute approximate surface area is 132 Å². The number of methoxy groups -OCH3 is 1. The van der Waals surface area contributed by atoms with Crippen LogP contribution in [0.5, 0.6) is 5.75 Å². The third kappa shape index (κ3) is 2.27. The van der Waals surface area contributed by atoms with E-state index >= 15 is 0 Å². The minimum absolute atomic E-state index is 0.0519. The van der Waals surface area contributed by atoms with Crippen LogP contribution in [0.2, 0.25) is 0 Å². The number of ether oxygens (including phenoxy) is 1. The van der Waals surface area contributed by atoms with Gasteiger partial charge in [-0.3, -0.25) is 4.79 Å². The second-order valence-corrected chi connectivity index (χ2v) is 5.37. The van der Waals surface area contributed by atoms with E-state index in [0.717, 1.165) is 22.1 Å². The number of hydrogen-bond acceptors (Lipinski definition) is 3. The van der Waals surface area contributed by atoms with Gasteiger partial charge in [0.1, 0.15) is 17.1 Å². The zero-order chi connectivity index (χ0) is 15.8. The normalized spacial score (nSPS) is 11.0. The van der Waals surface area contributed by atoms with Crippen LogP contribution in [-0.4, -0.2) is 7.11 Å². The summed E-state index contributed by atoms with van der Waals surface area (Å²) in [7, 11) is 1.61. The molecule has 0 amide bonds. The van der Waals surface area contributed by atoms with Gasteiger partial charge in [0.25, 0.3) is 0 Å². The first-order valence-electron chi connectivity index (χ1n) is 7.36. The lowest BCUT2D eigenvalue weighted by Crippen LogP contribution is -2.01. The molecule has 4 aromatic rings. The first kappa shape index (κ1) is 13.6. The van der Waals surface area contributed by atoms with Crippen molar-refractivity contribution in [3.8, 4) is 17.1 Å². The Hall–Kier alpha value is -3.07. The molecule has 23 heavy (non-hydrogen) atoms. The summed E-state index contributed by atoms with van der Waals surface area (Å²) in [5.41, 5.74) is 1.42. The zero-order valence-electron chi connectivity index (χ0n) is 12.6. The van der Waals surface area contributed by atoms with Crippen molar-refractivity contribution in [3.63, 3.8) is 0 Å². The van der Waals surface area contributed by atoms with Crippen LogP contribution in [0.1, 0.15) is 0 Å². The fraction of sp³-hybridized carbons (Fsp3) is 0.0500. The highest BCUT2D eigenvalue weighted by Crippen LogP contribution is 2.29. The van der Waals surface area contributed by atoms with Gasteiger partial charge in [-0.15, -0.1) is 0 Å². The van der Waals surface area contributed by atoms with Gasteiger partial charge >= 0.3 is 0 Å². The molecular formula is C20H14O3. The molecule has 0 spiro atoms. The monoisotopic (exact) mass is 302 g/mol. The molecule has 0 bridgehead atoms. The first-order valence-corrected chi connectivity index (χ1v) is 7.36. The fourth-order valence-electron chi connectivity index (χ4n) is 2.83. The minimum Gasteiger partial charge on any atom is -0.497 e. The lowest BCUT2D eigenvalue weighted by atomic mass is 10.0. The van der Waals surface area contributed by atoms with E-state index in [0.29, 0.717) is 16.7 Å². The van der Waals surface area contributed by atoms with Crippen molar-refractivity contribution < 1.29 is 9.15 Å². The second-order valence-electron chi connectivity index (χ2n) is 5.37. The van der Waals surface area contributed by atoms with Crippen LogP contribution in [-0.2, 0) is 0 Å². The molecule has 112 valence electrons. The van der Waals surface area contributed by atoms with E-state index in [1.54, 1.807) is 13.2 Å². The Morgan fingerprint density at radius 3 is 2.48 bits per heavy atom. The smallest absolute Gasteiger partial charge is 0.193 e. The summed E-state index contributed by atoms with van der Waals surface area (Å²) < 4.78 is 11.2. The molecule has 4 rings (SSSR count). The highest BCUT2D eigenvalue weighted by Gasteiger charge is 2.10. The maximum Gasteiger partial charge on any atom is 0.193 e. The van der Waals surface area contributed by atoms with Gasteiger partial charge in [-0.1, -0.05) is 42.5 Å². The van der Waals surface area contributed by atoms with Crippen LogP contribution in [0.4, 0.5) is 0 Å². The maximum atomic E-state index is 12.7. The molecule has 0 unspecified atom stereocenters. The summed E-state index contributed by atoms with van der Waals surface area (Å²) in [5.74, 6) is 1.29. The van der Waals surface area contributed by atoms with Gasteiger partial charge in [0.15, 0.2) is 5.43 Å². The largest absolute Gasteiger partial charge is 0.497 e. The van der Waals surface area contributed by atoms with E-state index in [1.807, 2.05) is 60.7 Å². The lowest BCUT2D eigenvalue weighted by molar-refractivity contribution is 0.415. The van der Waals surface area contributed by atoms with E-state index in [4.69, 9.17) is 9.15 Å². The Morgan fingerprint density at radius 2 is 1.70 bits per heavy atom. The fourth-order valence-corrected chi connectivity index (χ4v) is 2.83. The summed E-state index contributed by atoms with van der Waals surface area (Å²) in [6.07, 6.45) is 0. The van der Waals surface area contributed by atoms with Crippen molar-refractivity contribution in [2.45, 2.75) is 0 Å². The van der Waals surface area contributed by atoms with Crippen molar-refractivity contribution in [1.29, 1.82) is 0 Å². The number of benzene rings is 3. The SMILES string of the molecule is COc1ccc2ccc3oc(-c4ccccc4)cc(=O)c3c2c1. The highest BCUT2D eigenvalue weighted by molar-refractivity contribution is 6.06. The van der Waals surface area contributed by atoms with E-state index in [2.05, 4.69) is 0 Å². The first-order chi connectivity index (χ1) is 11.3. The quantitative estimate of drug-likeness (QED) is 0.507. The van der Waals surface area contributed by atoms with Gasteiger partial charge in [0.2, 0.25) is 0 Å². The van der Waals surface area contributed by atoms with Crippen molar-refractivity contribution in [2.24, 2.45) is 0 Å². The average Bonchev–Trinajstić information content (AvgIpc) is 2.61. The molecule has 3 nitrogen and oxygen atoms in total. The van der Waals surface area contributed by atoms with Gasteiger partial charge in [-0.25, -0.2) is 0 Å². The lowest BCUT2D eigenvalue weighted by Gasteiger charge is -2.07. The van der Waals surface area contributed by atoms with E-state index in [-0.39, 0.29) is 5.43 Å². The van der Waals surface area contributed by atoms with Gasteiger partial charge in [-0.05, 0) is 23.6 Å². The van der Waals surface area contributed by atoms with Crippen LogP contribution < -0.4 is 10.2 Å². The Morgan fingerprint density at radius 1 is 0.913 bits per heavy atom. The zero-order valence-corrected chi connectivity index (χ0v) is 12.6. The summed E-state index contributed by atoms with van der Waals surface area (Å²) in [6.45, 7) is 0. The van der Waals surface area contributed by atoms with Crippen molar-refractivity contribution in [2.75, 3.05) is 7.11 Å². The summed E-state index contributed by atoms with van der Waals surface area (Å²) in [6, 6.07) is 20.7. The van der Waals surface area contributed by atoms with E-state index < -0.39 is 0 Å². The van der Waals surface area contributed by atoms with Gasteiger partial charge in [0, 0.05) is 17.0 Å². The third-order valence-electron chi connectivity index (χ3n) is 3.98. The maximum absolute atomic E-state index is 12.7. The molecule has 0 aliphatic rings. The van der Waals surface area contributed by atoms with Crippen molar-refractivity contribution >= 4 is 21.7 Å². The Balaban J connectivity index is 2.05. The molecule has 3 heteroatoms. The number of hydrogen-bond donors (Lipinski definition) is 0. The molecule has 0 aliphatic heterocycles. The standard InChI is InChI=1S/C20H14O3/c1-22-15-9-7-13-8-10-18-20(16(13)11-15)17(21)12-19(23-18)14-5-3-2-4-6-14/h2-12H,1H3. The molecular weight excluding hydrogens is 288 g/mol. The summed E-state index contributed by atoms with van der Waals surface area (Å²) in [4.78, 5) is 12.7. The predicted octanol–water partition coefficient (Wildman–Crippen LogP) is 4.62. The molecule has 0 fully saturated rings. The number of rotatable bonds is 2. The van der Waals surface area contributed by atoms with Crippen LogP contribution in [0.15, 0.2) is 75.9 Å². The second kappa shape index (κ2) is 5.29. The Kier molecular flexibility index (Phi) is 3.12. The molecule has 3 aromatic carbocycles. The molecule has 0 saturated heterocycles. The third-order valence-corrected chi connectivity index (χ3v) is 3.98. The topological polar surface area (TPSA) is 39.4 Å². The predicted molar refractivity (Wildman–Crippen MR) is 92.0 cm³/mol. The van der Waals surface area contributed by atoms with Gasteiger partial charge < -0.3 is 9.15 Å². The average molecular weight is 302 g/mol. The van der Waals surface area contributed by atoms with E-state index in [1.165, 1.54) is 0 Å². The van der Waals surface area contributed by atoms with E-state index in [9.17, 15) is 4.79 Å². The van der Waals surface area contributed by atoms with Crippen LogP contribution in [0.25, 0.3) is 33.1 Å². The summed E-state index contributed by atoms with van der Waals surface area (Å²) >= 11 is 0. The molecule has 1 aromatic heterocycles. The molecule has 0 N–H and O–H groups in total. The molecule has 0 saturated carbocycles.